The number of anilines is 4. The van der Waals surface area contributed by atoms with Crippen LogP contribution in [0.1, 0.15) is 10.4 Å². The summed E-state index contributed by atoms with van der Waals surface area (Å²) in [7, 11) is 0. The minimum Gasteiger partial charge on any atom is -0.733 e. The van der Waals surface area contributed by atoms with Crippen LogP contribution in [0.5, 0.6) is 0 Å². The molecule has 0 radical (unpaired) electrons. The summed E-state index contributed by atoms with van der Waals surface area (Å²) in [5, 5.41) is 27.1. The van der Waals surface area contributed by atoms with Gasteiger partial charge in [-0.2, -0.15) is 0 Å². The van der Waals surface area contributed by atoms with E-state index < -0.39 is 17.7 Å². The van der Waals surface area contributed by atoms with E-state index in [-0.39, 0.29) is 27.2 Å². The summed E-state index contributed by atoms with van der Waals surface area (Å²) in [6.07, 6.45) is 0. The Kier molecular flexibility index (Phi) is 6.90. The highest BCUT2D eigenvalue weighted by Gasteiger charge is 2.38. The Balaban J connectivity index is 1.29. The van der Waals surface area contributed by atoms with Crippen molar-refractivity contribution in [3.63, 3.8) is 0 Å². The van der Waals surface area contributed by atoms with Gasteiger partial charge in [-0.1, -0.05) is 48.0 Å². The summed E-state index contributed by atoms with van der Waals surface area (Å²) >= 11 is 7.41. The lowest BCUT2D eigenvalue weighted by Crippen LogP contribution is -2.32. The molecule has 1 aliphatic heterocycles. The van der Waals surface area contributed by atoms with Crippen LogP contribution in [0.2, 0.25) is 0 Å². The third-order valence-electron chi connectivity index (χ3n) is 5.54. The second kappa shape index (κ2) is 10.4. The van der Waals surface area contributed by atoms with Gasteiger partial charge in [-0.05, 0) is 42.5 Å². The first-order valence-electron chi connectivity index (χ1n) is 11.1. The van der Waals surface area contributed by atoms with E-state index in [9.17, 15) is 19.6 Å². The lowest BCUT2D eigenvalue weighted by atomic mass is 10.1. The molecule has 0 fully saturated rings. The van der Waals surface area contributed by atoms with Crippen LogP contribution in [0.4, 0.5) is 22.2 Å². The zero-order valence-corrected chi connectivity index (χ0v) is 20.9. The Bertz CT molecular complexity index is 1570. The normalized spacial score (nSPS) is 13.2. The number of aromatic nitrogens is 1. The first kappa shape index (κ1) is 25.1. The fourth-order valence-corrected chi connectivity index (χ4v) is 4.63. The summed E-state index contributed by atoms with van der Waals surface area (Å²) in [5.41, 5.74) is 2.33. The van der Waals surface area contributed by atoms with Gasteiger partial charge in [0.15, 0.2) is 5.13 Å². The van der Waals surface area contributed by atoms with Gasteiger partial charge in [0, 0.05) is 22.2 Å². The van der Waals surface area contributed by atoms with Crippen molar-refractivity contribution in [3.05, 3.63) is 106 Å². The van der Waals surface area contributed by atoms with Crippen LogP contribution in [0.15, 0.2) is 95.0 Å². The molecule has 38 heavy (non-hydrogen) atoms. The molecule has 10 nitrogen and oxygen atoms in total. The zero-order valence-electron chi connectivity index (χ0n) is 19.3. The number of para-hydroxylation sites is 1. The number of halogens is 1. The lowest BCUT2D eigenvalue weighted by Gasteiger charge is -2.21. The predicted molar refractivity (Wildman–Crippen MR) is 145 cm³/mol. The van der Waals surface area contributed by atoms with Gasteiger partial charge in [0.2, 0.25) is 0 Å². The van der Waals surface area contributed by atoms with Gasteiger partial charge in [0.25, 0.3) is 17.7 Å². The van der Waals surface area contributed by atoms with Crippen LogP contribution < -0.4 is 20.8 Å². The van der Waals surface area contributed by atoms with E-state index in [1.807, 2.05) is 0 Å². The maximum Gasteiger partial charge on any atom is 0.283 e. The van der Waals surface area contributed by atoms with Crippen LogP contribution >= 0.6 is 22.9 Å². The average molecular weight is 547 g/mol. The summed E-state index contributed by atoms with van der Waals surface area (Å²) in [4.78, 5) is 43.8. The molecule has 0 atom stereocenters. The van der Waals surface area contributed by atoms with E-state index >= 15 is 0 Å². The van der Waals surface area contributed by atoms with Gasteiger partial charge < -0.3 is 15.8 Å². The van der Waals surface area contributed by atoms with Crippen molar-refractivity contribution in [2.75, 3.05) is 20.8 Å². The number of hydrogen-bond acceptors (Lipinski definition) is 9. The Morgan fingerprint density at radius 3 is 2.45 bits per heavy atom. The molecule has 0 unspecified atom stereocenters. The second-order valence-corrected chi connectivity index (χ2v) is 9.22. The highest BCUT2D eigenvalue weighted by Crippen LogP contribution is 2.31. The smallest absolute Gasteiger partial charge is 0.283 e. The maximum absolute atomic E-state index is 12.9. The molecule has 0 saturated heterocycles. The van der Waals surface area contributed by atoms with Gasteiger partial charge in [-0.15, -0.1) is 11.3 Å². The molecule has 0 saturated carbocycles. The summed E-state index contributed by atoms with van der Waals surface area (Å²) in [6.45, 7) is 0. The topological polar surface area (TPSA) is 138 Å². The molecular formula is C26H17ClN5O5S-. The molecule has 4 aromatic rings. The number of nitrogens with zero attached hydrogens (tertiary/aromatic N) is 3. The molecule has 0 bridgehead atoms. The number of carbonyl (C=O) groups excluding carboxylic acids is 3. The van der Waals surface area contributed by atoms with Crippen molar-refractivity contribution < 1.29 is 19.6 Å². The van der Waals surface area contributed by atoms with Crippen molar-refractivity contribution in [2.45, 2.75) is 0 Å². The second-order valence-electron chi connectivity index (χ2n) is 7.99. The highest BCUT2D eigenvalue weighted by atomic mass is 35.5. The van der Waals surface area contributed by atoms with E-state index in [1.165, 1.54) is 29.5 Å². The monoisotopic (exact) mass is 546 g/mol. The zero-order chi connectivity index (χ0) is 26.8. The molecule has 1 aromatic heterocycles. The van der Waals surface area contributed by atoms with E-state index in [2.05, 4.69) is 15.6 Å². The van der Waals surface area contributed by atoms with Crippen LogP contribution in [0, 0.1) is 5.21 Å². The molecule has 1 aliphatic rings. The number of thiazole rings is 1. The van der Waals surface area contributed by atoms with Crippen molar-refractivity contribution in [1.82, 2.24) is 4.98 Å². The molecular weight excluding hydrogens is 530 g/mol. The minimum atomic E-state index is -0.643. The van der Waals surface area contributed by atoms with E-state index in [4.69, 9.17) is 16.8 Å². The fraction of sp³-hybridized carbons (Fsp3) is 0. The number of carbonyl (C=O) groups is 3. The SMILES string of the molecule is O=C(Nc1nc(-c2ccc(N([O-])O)cc2)cs1)c1cccc(NC2=C(Cl)C(=O)N(c3ccccc3)C2=O)c1. The number of rotatable bonds is 7. The van der Waals surface area contributed by atoms with Crippen LogP contribution in [-0.2, 0) is 9.59 Å². The molecule has 5 rings (SSSR count). The molecule has 12 heteroatoms. The predicted octanol–water partition coefficient (Wildman–Crippen LogP) is 5.19. The van der Waals surface area contributed by atoms with Gasteiger partial charge in [-0.25, -0.2) is 9.88 Å². The van der Waals surface area contributed by atoms with Crippen LogP contribution in [0.25, 0.3) is 11.3 Å². The van der Waals surface area contributed by atoms with Crippen LogP contribution in [0.3, 0.4) is 0 Å². The number of benzene rings is 3. The fourth-order valence-electron chi connectivity index (χ4n) is 3.70. The quantitative estimate of drug-likeness (QED) is 0.213. The Labute approximate surface area is 224 Å². The van der Waals surface area contributed by atoms with Gasteiger partial charge >= 0.3 is 0 Å². The van der Waals surface area contributed by atoms with Crippen molar-refractivity contribution in [2.24, 2.45) is 0 Å². The average Bonchev–Trinajstić information content (AvgIpc) is 3.47. The Morgan fingerprint density at radius 1 is 1.00 bits per heavy atom. The van der Waals surface area contributed by atoms with E-state index in [0.717, 1.165) is 4.90 Å². The van der Waals surface area contributed by atoms with Gasteiger partial charge in [0.05, 0.1) is 17.1 Å². The molecule has 190 valence electrons. The van der Waals surface area contributed by atoms with E-state index in [1.54, 1.807) is 66.0 Å². The van der Waals surface area contributed by atoms with Gasteiger partial charge in [-0.3, -0.25) is 24.9 Å². The molecule has 3 N–H and O–H groups in total. The minimum absolute atomic E-state index is 0.0829. The van der Waals surface area contributed by atoms with Crippen molar-refractivity contribution in [3.8, 4) is 11.3 Å². The lowest BCUT2D eigenvalue weighted by molar-refractivity contribution is -0.120. The number of nitrogens with one attached hydrogen (secondary N) is 2. The summed E-state index contributed by atoms with van der Waals surface area (Å²) < 4.78 is 0. The standard InChI is InChI=1S/C26H17ClN5O5S/c27-21-22(25(35)31(24(21)34)18-7-2-1-3-8-18)28-17-6-4-5-16(13-17)23(33)30-26-29-20(14-38-26)15-9-11-19(12-10-15)32(36)37/h1-14,28,36H,(H,29,30,33)/q-1. The highest BCUT2D eigenvalue weighted by molar-refractivity contribution is 7.14. The van der Waals surface area contributed by atoms with Crippen molar-refractivity contribution in [1.29, 1.82) is 0 Å². The number of imide groups is 1. The largest absolute Gasteiger partial charge is 0.733 e. The molecule has 3 amide bonds. The molecule has 0 spiro atoms. The van der Waals surface area contributed by atoms with Gasteiger partial charge in [0.1, 0.15) is 10.7 Å². The summed E-state index contributed by atoms with van der Waals surface area (Å²) in [5.74, 6) is -1.69. The van der Waals surface area contributed by atoms with E-state index in [0.29, 0.717) is 27.8 Å². The third-order valence-corrected chi connectivity index (χ3v) is 6.65. The molecule has 2 heterocycles. The number of hydrogen-bond donors (Lipinski definition) is 3. The maximum atomic E-state index is 12.9. The van der Waals surface area contributed by atoms with Crippen LogP contribution in [-0.4, -0.2) is 27.9 Å². The first-order chi connectivity index (χ1) is 18.3. The summed E-state index contributed by atoms with van der Waals surface area (Å²) in [6, 6.07) is 20.9. The third kappa shape index (κ3) is 4.99. The molecule has 3 aromatic carbocycles. The number of amides is 3. The Hall–Kier alpha value is -4.55. The van der Waals surface area contributed by atoms with Crippen molar-refractivity contribution >= 4 is 62.9 Å². The first-order valence-corrected chi connectivity index (χ1v) is 12.3. The Morgan fingerprint density at radius 2 is 1.74 bits per heavy atom. The molecule has 0 aliphatic carbocycles.